The molecule has 1 saturated heterocycles. The molecule has 1 aliphatic heterocycles. The SMILES string of the molecule is CC1CN(CC(C(=O)NN)c2ccccc2)CCS1. The van der Waals surface area contributed by atoms with E-state index < -0.39 is 0 Å². The topological polar surface area (TPSA) is 58.4 Å². The summed E-state index contributed by atoms with van der Waals surface area (Å²) >= 11 is 1.99. The molecule has 19 heavy (non-hydrogen) atoms. The van der Waals surface area contributed by atoms with E-state index in [-0.39, 0.29) is 11.8 Å². The van der Waals surface area contributed by atoms with E-state index in [0.717, 1.165) is 31.0 Å². The number of thioether (sulfide) groups is 1. The molecule has 1 amide bonds. The van der Waals surface area contributed by atoms with E-state index in [1.165, 1.54) is 0 Å². The highest BCUT2D eigenvalue weighted by Crippen LogP contribution is 2.22. The zero-order valence-electron chi connectivity index (χ0n) is 11.2. The van der Waals surface area contributed by atoms with Crippen molar-refractivity contribution in [3.8, 4) is 0 Å². The van der Waals surface area contributed by atoms with Crippen molar-refractivity contribution in [2.75, 3.05) is 25.4 Å². The van der Waals surface area contributed by atoms with Gasteiger partial charge in [0.1, 0.15) is 0 Å². The van der Waals surface area contributed by atoms with Gasteiger partial charge in [0.25, 0.3) is 0 Å². The number of hydrogen-bond donors (Lipinski definition) is 2. The standard InChI is InChI=1S/C14H21N3OS/c1-11-9-17(7-8-19-11)10-13(14(18)16-15)12-5-3-2-4-6-12/h2-6,11,13H,7-10,15H2,1H3,(H,16,18). The van der Waals surface area contributed by atoms with E-state index in [9.17, 15) is 4.79 Å². The molecule has 0 aliphatic carbocycles. The Morgan fingerprint density at radius 1 is 1.53 bits per heavy atom. The van der Waals surface area contributed by atoms with Crippen LogP contribution in [0.25, 0.3) is 0 Å². The quantitative estimate of drug-likeness (QED) is 0.494. The van der Waals surface area contributed by atoms with E-state index in [1.807, 2.05) is 42.1 Å². The fourth-order valence-electron chi connectivity index (χ4n) is 2.44. The highest BCUT2D eigenvalue weighted by molar-refractivity contribution is 7.99. The Balaban J connectivity index is 2.08. The summed E-state index contributed by atoms with van der Waals surface area (Å²) in [5.41, 5.74) is 3.32. The number of hydrogen-bond acceptors (Lipinski definition) is 4. The van der Waals surface area contributed by atoms with Gasteiger partial charge in [-0.15, -0.1) is 0 Å². The first-order chi connectivity index (χ1) is 9.20. The number of nitrogens with zero attached hydrogens (tertiary/aromatic N) is 1. The summed E-state index contributed by atoms with van der Waals surface area (Å²) in [6.45, 7) is 5.04. The van der Waals surface area contributed by atoms with Crippen molar-refractivity contribution in [3.63, 3.8) is 0 Å². The second kappa shape index (κ2) is 6.93. The number of carbonyl (C=O) groups excluding carboxylic acids is 1. The summed E-state index contributed by atoms with van der Waals surface area (Å²) in [6.07, 6.45) is 0. The Morgan fingerprint density at radius 2 is 2.26 bits per heavy atom. The number of benzene rings is 1. The molecule has 4 nitrogen and oxygen atoms in total. The molecule has 2 unspecified atom stereocenters. The smallest absolute Gasteiger partial charge is 0.242 e. The van der Waals surface area contributed by atoms with Crippen molar-refractivity contribution in [2.24, 2.45) is 5.84 Å². The number of hydrazine groups is 1. The van der Waals surface area contributed by atoms with Crippen molar-refractivity contribution in [1.29, 1.82) is 0 Å². The van der Waals surface area contributed by atoms with Crippen molar-refractivity contribution < 1.29 is 4.79 Å². The van der Waals surface area contributed by atoms with Crippen LogP contribution in [0.5, 0.6) is 0 Å². The Bertz CT molecular complexity index is 412. The van der Waals surface area contributed by atoms with Crippen LogP contribution in [0.2, 0.25) is 0 Å². The predicted molar refractivity (Wildman–Crippen MR) is 79.9 cm³/mol. The summed E-state index contributed by atoms with van der Waals surface area (Å²) in [4.78, 5) is 14.4. The zero-order valence-corrected chi connectivity index (χ0v) is 12.0. The van der Waals surface area contributed by atoms with Crippen LogP contribution >= 0.6 is 11.8 Å². The van der Waals surface area contributed by atoms with Gasteiger partial charge in [-0.2, -0.15) is 11.8 Å². The van der Waals surface area contributed by atoms with Gasteiger partial charge in [-0.25, -0.2) is 5.84 Å². The molecule has 5 heteroatoms. The van der Waals surface area contributed by atoms with Gasteiger partial charge in [-0.1, -0.05) is 37.3 Å². The third kappa shape index (κ3) is 3.96. The molecule has 1 fully saturated rings. The first kappa shape index (κ1) is 14.4. The number of nitrogens with two attached hydrogens (primary N) is 1. The fraction of sp³-hybridized carbons (Fsp3) is 0.500. The molecule has 0 spiro atoms. The average Bonchev–Trinajstić information content (AvgIpc) is 2.45. The molecule has 2 rings (SSSR count). The van der Waals surface area contributed by atoms with Crippen LogP contribution in [-0.2, 0) is 4.79 Å². The Kier molecular flexibility index (Phi) is 5.24. The van der Waals surface area contributed by atoms with Gasteiger partial charge in [-0.3, -0.25) is 10.2 Å². The van der Waals surface area contributed by atoms with E-state index >= 15 is 0 Å². The minimum Gasteiger partial charge on any atom is -0.300 e. The number of rotatable bonds is 4. The van der Waals surface area contributed by atoms with Crippen molar-refractivity contribution in [2.45, 2.75) is 18.1 Å². The van der Waals surface area contributed by atoms with Gasteiger partial charge in [0.15, 0.2) is 0 Å². The molecule has 0 radical (unpaired) electrons. The van der Waals surface area contributed by atoms with Crippen LogP contribution in [0.3, 0.4) is 0 Å². The predicted octanol–water partition coefficient (Wildman–Crippen LogP) is 1.20. The molecule has 104 valence electrons. The van der Waals surface area contributed by atoms with E-state index in [1.54, 1.807) is 0 Å². The summed E-state index contributed by atoms with van der Waals surface area (Å²) in [7, 11) is 0. The van der Waals surface area contributed by atoms with Crippen LogP contribution in [0.4, 0.5) is 0 Å². The lowest BCUT2D eigenvalue weighted by atomic mass is 9.97. The van der Waals surface area contributed by atoms with E-state index in [2.05, 4.69) is 17.2 Å². The maximum absolute atomic E-state index is 12.0. The Labute approximate surface area is 118 Å². The lowest BCUT2D eigenvalue weighted by molar-refractivity contribution is -0.123. The van der Waals surface area contributed by atoms with Gasteiger partial charge in [-0.05, 0) is 5.56 Å². The second-order valence-corrected chi connectivity index (χ2v) is 6.46. The summed E-state index contributed by atoms with van der Waals surface area (Å²) in [5, 5.41) is 0.631. The molecular weight excluding hydrogens is 258 g/mol. The van der Waals surface area contributed by atoms with Crippen LogP contribution in [0.1, 0.15) is 18.4 Å². The summed E-state index contributed by atoms with van der Waals surface area (Å²) in [5.74, 6) is 6.15. The molecule has 0 bridgehead atoms. The lowest BCUT2D eigenvalue weighted by Crippen LogP contribution is -2.44. The second-order valence-electron chi connectivity index (χ2n) is 4.91. The first-order valence-corrected chi connectivity index (χ1v) is 7.65. The molecule has 1 heterocycles. The normalized spacial score (nSPS) is 21.9. The monoisotopic (exact) mass is 279 g/mol. The number of amides is 1. The highest BCUT2D eigenvalue weighted by Gasteiger charge is 2.25. The number of nitrogens with one attached hydrogen (secondary N) is 1. The lowest BCUT2D eigenvalue weighted by Gasteiger charge is -2.32. The van der Waals surface area contributed by atoms with Crippen LogP contribution in [-0.4, -0.2) is 41.4 Å². The first-order valence-electron chi connectivity index (χ1n) is 6.60. The van der Waals surface area contributed by atoms with Crippen molar-refractivity contribution >= 4 is 17.7 Å². The third-order valence-corrected chi connectivity index (χ3v) is 4.56. The Morgan fingerprint density at radius 3 is 2.89 bits per heavy atom. The van der Waals surface area contributed by atoms with E-state index in [0.29, 0.717) is 5.25 Å². The molecular formula is C14H21N3OS. The minimum atomic E-state index is -0.193. The van der Waals surface area contributed by atoms with Crippen LogP contribution in [0.15, 0.2) is 30.3 Å². The average molecular weight is 279 g/mol. The van der Waals surface area contributed by atoms with Gasteiger partial charge < -0.3 is 4.90 Å². The molecule has 1 aliphatic rings. The molecule has 1 aromatic carbocycles. The van der Waals surface area contributed by atoms with Gasteiger partial charge >= 0.3 is 0 Å². The third-order valence-electron chi connectivity index (χ3n) is 3.43. The summed E-state index contributed by atoms with van der Waals surface area (Å²) in [6, 6.07) is 9.85. The highest BCUT2D eigenvalue weighted by atomic mass is 32.2. The molecule has 2 atom stereocenters. The largest absolute Gasteiger partial charge is 0.300 e. The van der Waals surface area contributed by atoms with E-state index in [4.69, 9.17) is 5.84 Å². The minimum absolute atomic E-state index is 0.114. The molecule has 0 aromatic heterocycles. The number of carbonyl (C=O) groups is 1. The van der Waals surface area contributed by atoms with Gasteiger partial charge in [0, 0.05) is 30.6 Å². The van der Waals surface area contributed by atoms with Crippen LogP contribution in [0, 0.1) is 0 Å². The zero-order chi connectivity index (χ0) is 13.7. The molecule has 1 aromatic rings. The fourth-order valence-corrected chi connectivity index (χ4v) is 3.52. The van der Waals surface area contributed by atoms with Crippen molar-refractivity contribution in [1.82, 2.24) is 10.3 Å². The molecule has 0 saturated carbocycles. The maximum atomic E-state index is 12.0. The van der Waals surface area contributed by atoms with Gasteiger partial charge in [0.2, 0.25) is 5.91 Å². The Hall–Kier alpha value is -1.04. The van der Waals surface area contributed by atoms with Crippen LogP contribution < -0.4 is 11.3 Å². The van der Waals surface area contributed by atoms with Gasteiger partial charge in [0.05, 0.1) is 5.92 Å². The molecule has 3 N–H and O–H groups in total. The summed E-state index contributed by atoms with van der Waals surface area (Å²) < 4.78 is 0. The van der Waals surface area contributed by atoms with Crippen molar-refractivity contribution in [3.05, 3.63) is 35.9 Å². The maximum Gasteiger partial charge on any atom is 0.242 e.